The van der Waals surface area contributed by atoms with Gasteiger partial charge in [-0.05, 0) is 12.1 Å². The standard InChI is InChI=1S/C10H9ClN2O5/c11-7-1-2-9(13(17)18)6(3-7)4-8(10(15)16)12-5-14/h1-3,5,8H,4H2,(H,12,14)(H,15,16). The highest BCUT2D eigenvalue weighted by Gasteiger charge is 2.22. The molecule has 1 unspecified atom stereocenters. The number of rotatable bonds is 6. The van der Waals surface area contributed by atoms with Crippen LogP contribution in [0.3, 0.4) is 0 Å². The molecule has 0 saturated carbocycles. The highest BCUT2D eigenvalue weighted by Crippen LogP contribution is 2.23. The molecule has 1 amide bonds. The molecule has 96 valence electrons. The van der Waals surface area contributed by atoms with E-state index in [1.165, 1.54) is 18.2 Å². The number of nitrogens with zero attached hydrogens (tertiary/aromatic N) is 1. The molecule has 2 N–H and O–H groups in total. The highest BCUT2D eigenvalue weighted by molar-refractivity contribution is 6.30. The molecular formula is C10H9ClN2O5. The first-order valence-corrected chi connectivity index (χ1v) is 5.18. The van der Waals surface area contributed by atoms with E-state index in [1.54, 1.807) is 0 Å². The number of carboxylic acids is 1. The summed E-state index contributed by atoms with van der Waals surface area (Å²) in [5.41, 5.74) is -0.0902. The minimum Gasteiger partial charge on any atom is -0.480 e. The molecule has 0 aliphatic heterocycles. The predicted molar refractivity (Wildman–Crippen MR) is 62.4 cm³/mol. The largest absolute Gasteiger partial charge is 0.480 e. The van der Waals surface area contributed by atoms with Crippen molar-refractivity contribution in [3.63, 3.8) is 0 Å². The molecule has 1 rings (SSSR count). The Kier molecular flexibility index (Phi) is 4.61. The monoisotopic (exact) mass is 272 g/mol. The van der Waals surface area contributed by atoms with Crippen LogP contribution in [0.25, 0.3) is 0 Å². The highest BCUT2D eigenvalue weighted by atomic mass is 35.5. The molecule has 0 aromatic heterocycles. The van der Waals surface area contributed by atoms with Crippen molar-refractivity contribution in [1.29, 1.82) is 0 Å². The summed E-state index contributed by atoms with van der Waals surface area (Å²) in [6.07, 6.45) is 0.0140. The van der Waals surface area contributed by atoms with E-state index in [9.17, 15) is 19.7 Å². The Morgan fingerprint density at radius 1 is 1.61 bits per heavy atom. The van der Waals surface area contributed by atoms with Crippen LogP contribution >= 0.6 is 11.6 Å². The fraction of sp³-hybridized carbons (Fsp3) is 0.200. The maximum absolute atomic E-state index is 10.8. The first kappa shape index (κ1) is 13.9. The number of carbonyl (C=O) groups excluding carboxylic acids is 1. The number of benzene rings is 1. The summed E-state index contributed by atoms with van der Waals surface area (Å²) >= 11 is 5.70. The molecule has 1 aromatic carbocycles. The lowest BCUT2D eigenvalue weighted by Crippen LogP contribution is -2.37. The van der Waals surface area contributed by atoms with E-state index in [4.69, 9.17) is 16.7 Å². The van der Waals surface area contributed by atoms with E-state index in [0.717, 1.165) is 0 Å². The third-order valence-electron chi connectivity index (χ3n) is 2.23. The predicted octanol–water partition coefficient (Wildman–Crippen LogP) is 0.990. The Bertz CT molecular complexity index is 491. The van der Waals surface area contributed by atoms with E-state index >= 15 is 0 Å². The molecule has 8 heteroatoms. The van der Waals surface area contributed by atoms with Crippen LogP contribution in [-0.4, -0.2) is 28.5 Å². The third kappa shape index (κ3) is 3.42. The van der Waals surface area contributed by atoms with Crippen molar-refractivity contribution in [3.8, 4) is 0 Å². The van der Waals surface area contributed by atoms with Gasteiger partial charge in [0.25, 0.3) is 5.69 Å². The van der Waals surface area contributed by atoms with Gasteiger partial charge in [0.2, 0.25) is 6.41 Å². The number of nitrogens with one attached hydrogen (secondary N) is 1. The third-order valence-corrected chi connectivity index (χ3v) is 2.46. The van der Waals surface area contributed by atoms with E-state index < -0.39 is 16.9 Å². The molecule has 18 heavy (non-hydrogen) atoms. The van der Waals surface area contributed by atoms with E-state index in [-0.39, 0.29) is 29.1 Å². The average molecular weight is 273 g/mol. The first-order chi connectivity index (χ1) is 8.45. The lowest BCUT2D eigenvalue weighted by atomic mass is 10.0. The second-order valence-electron chi connectivity index (χ2n) is 3.41. The van der Waals surface area contributed by atoms with Crippen LogP contribution in [0, 0.1) is 10.1 Å². The van der Waals surface area contributed by atoms with Crippen molar-refractivity contribution < 1.29 is 19.6 Å². The van der Waals surface area contributed by atoms with Crippen molar-refractivity contribution in [2.45, 2.75) is 12.5 Å². The molecule has 0 saturated heterocycles. The van der Waals surface area contributed by atoms with Gasteiger partial charge in [0.15, 0.2) is 0 Å². The van der Waals surface area contributed by atoms with Crippen LogP contribution in [0.15, 0.2) is 18.2 Å². The van der Waals surface area contributed by atoms with Gasteiger partial charge in [-0.3, -0.25) is 14.9 Å². The number of aliphatic carboxylic acids is 1. The van der Waals surface area contributed by atoms with Gasteiger partial charge in [0, 0.05) is 23.1 Å². The average Bonchev–Trinajstić information content (AvgIpc) is 2.28. The van der Waals surface area contributed by atoms with Gasteiger partial charge in [0.1, 0.15) is 6.04 Å². The van der Waals surface area contributed by atoms with Crippen LogP contribution in [0.5, 0.6) is 0 Å². The molecular weight excluding hydrogens is 264 g/mol. The fourth-order valence-corrected chi connectivity index (χ4v) is 1.61. The quantitative estimate of drug-likeness (QED) is 0.456. The maximum atomic E-state index is 10.8. The summed E-state index contributed by atoms with van der Waals surface area (Å²) in [7, 11) is 0. The second kappa shape index (κ2) is 5.97. The number of carboxylic acid groups (broad SMARTS) is 1. The summed E-state index contributed by atoms with van der Waals surface area (Å²) in [5, 5.41) is 21.9. The number of nitro groups is 1. The van der Waals surface area contributed by atoms with E-state index in [1.807, 2.05) is 0 Å². The number of nitro benzene ring substituents is 1. The molecule has 0 aliphatic rings. The Hall–Kier alpha value is -2.15. The Morgan fingerprint density at radius 3 is 2.78 bits per heavy atom. The van der Waals surface area contributed by atoms with Gasteiger partial charge in [0.05, 0.1) is 4.92 Å². The first-order valence-electron chi connectivity index (χ1n) is 4.81. The van der Waals surface area contributed by atoms with Gasteiger partial charge >= 0.3 is 5.97 Å². The lowest BCUT2D eigenvalue weighted by molar-refractivity contribution is -0.385. The van der Waals surface area contributed by atoms with Crippen LogP contribution in [0.4, 0.5) is 5.69 Å². The molecule has 0 bridgehead atoms. The zero-order valence-electron chi connectivity index (χ0n) is 9.00. The minimum absolute atomic E-state index is 0.147. The van der Waals surface area contributed by atoms with E-state index in [0.29, 0.717) is 0 Å². The molecule has 1 aromatic rings. The van der Waals surface area contributed by atoms with Crippen molar-refractivity contribution in [2.75, 3.05) is 0 Å². The SMILES string of the molecule is O=CNC(Cc1cc(Cl)ccc1[N+](=O)[O-])C(=O)O. The zero-order valence-corrected chi connectivity index (χ0v) is 9.76. The Balaban J connectivity index is 3.07. The Morgan fingerprint density at radius 2 is 2.28 bits per heavy atom. The number of amides is 1. The van der Waals surface area contributed by atoms with Crippen LogP contribution in [-0.2, 0) is 16.0 Å². The molecule has 0 heterocycles. The van der Waals surface area contributed by atoms with Crippen LogP contribution in [0.1, 0.15) is 5.56 Å². The van der Waals surface area contributed by atoms with E-state index in [2.05, 4.69) is 5.32 Å². The van der Waals surface area contributed by atoms with Gasteiger partial charge < -0.3 is 10.4 Å². The minimum atomic E-state index is -1.28. The molecule has 0 spiro atoms. The van der Waals surface area contributed by atoms with Gasteiger partial charge in [-0.2, -0.15) is 0 Å². The lowest BCUT2D eigenvalue weighted by Gasteiger charge is -2.11. The van der Waals surface area contributed by atoms with Crippen molar-refractivity contribution >= 4 is 29.7 Å². The maximum Gasteiger partial charge on any atom is 0.326 e. The number of hydrogen-bond acceptors (Lipinski definition) is 4. The molecule has 1 atom stereocenters. The molecule has 0 fully saturated rings. The topological polar surface area (TPSA) is 110 Å². The smallest absolute Gasteiger partial charge is 0.326 e. The summed E-state index contributed by atoms with van der Waals surface area (Å²) in [4.78, 5) is 31.2. The zero-order chi connectivity index (χ0) is 13.7. The normalized spacial score (nSPS) is 11.6. The van der Waals surface area contributed by atoms with Gasteiger partial charge in [-0.25, -0.2) is 4.79 Å². The number of halogens is 1. The fourth-order valence-electron chi connectivity index (χ4n) is 1.42. The molecule has 0 radical (unpaired) electrons. The summed E-state index contributed by atoms with van der Waals surface area (Å²) in [5.74, 6) is -1.28. The van der Waals surface area contributed by atoms with Gasteiger partial charge in [-0.1, -0.05) is 11.6 Å². The summed E-state index contributed by atoms with van der Waals surface area (Å²) < 4.78 is 0. The number of hydrogen-bond donors (Lipinski definition) is 2. The summed E-state index contributed by atoms with van der Waals surface area (Å²) in [6, 6.07) is 2.60. The summed E-state index contributed by atoms with van der Waals surface area (Å²) in [6.45, 7) is 0. The van der Waals surface area contributed by atoms with Gasteiger partial charge in [-0.15, -0.1) is 0 Å². The molecule has 7 nitrogen and oxygen atoms in total. The molecule has 0 aliphatic carbocycles. The second-order valence-corrected chi connectivity index (χ2v) is 3.85. The van der Waals surface area contributed by atoms with Crippen LogP contribution < -0.4 is 5.32 Å². The van der Waals surface area contributed by atoms with Crippen LogP contribution in [0.2, 0.25) is 5.02 Å². The van der Waals surface area contributed by atoms with Crippen molar-refractivity contribution in [3.05, 3.63) is 38.9 Å². The van der Waals surface area contributed by atoms with Crippen molar-refractivity contribution in [2.24, 2.45) is 0 Å². The van der Waals surface area contributed by atoms with Crippen molar-refractivity contribution in [1.82, 2.24) is 5.32 Å². The number of carbonyl (C=O) groups is 2. The Labute approximate surface area is 107 Å².